The lowest BCUT2D eigenvalue weighted by Gasteiger charge is -2.50. The Balaban J connectivity index is 1.94. The molecule has 0 saturated carbocycles. The standard InChI is InChI=1S/C18H21N5/c1-17(2)18(23(20-19-17)14-10-6-5-7-11-14)21(3)15-12-8-9-13-16(15)22(18)4/h5-13H,1-4H3. The highest BCUT2D eigenvalue weighted by Crippen LogP contribution is 2.54. The van der Waals surface area contributed by atoms with Crippen LogP contribution in [-0.4, -0.2) is 25.4 Å². The molecule has 2 aromatic carbocycles. The number of benzene rings is 2. The quantitative estimate of drug-likeness (QED) is 0.801. The molecule has 0 amide bonds. The molecule has 1 spiro atoms. The zero-order valence-electron chi connectivity index (χ0n) is 13.9. The Labute approximate surface area is 136 Å². The number of likely N-dealkylation sites (N-methyl/N-ethyl adjacent to an activating group) is 2. The molecule has 2 aliphatic rings. The fourth-order valence-corrected chi connectivity index (χ4v) is 4.04. The van der Waals surface area contributed by atoms with Crippen LogP contribution in [0, 0.1) is 0 Å². The predicted octanol–water partition coefficient (Wildman–Crippen LogP) is 3.89. The van der Waals surface area contributed by atoms with Gasteiger partial charge < -0.3 is 9.80 Å². The van der Waals surface area contributed by atoms with Crippen molar-refractivity contribution in [2.24, 2.45) is 10.3 Å². The molecule has 0 unspecified atom stereocenters. The van der Waals surface area contributed by atoms with Gasteiger partial charge in [0, 0.05) is 14.1 Å². The molecule has 4 rings (SSSR count). The van der Waals surface area contributed by atoms with Gasteiger partial charge in [-0.15, -0.1) is 0 Å². The third kappa shape index (κ3) is 1.57. The summed E-state index contributed by atoms with van der Waals surface area (Å²) in [6, 6.07) is 18.7. The summed E-state index contributed by atoms with van der Waals surface area (Å²) in [4.78, 5) is 4.57. The maximum Gasteiger partial charge on any atom is 0.240 e. The minimum atomic E-state index is -0.502. The molecule has 0 N–H and O–H groups in total. The third-order valence-corrected chi connectivity index (χ3v) is 5.04. The zero-order chi connectivity index (χ0) is 16.2. The molecule has 2 aliphatic heterocycles. The minimum absolute atomic E-state index is 0.397. The van der Waals surface area contributed by atoms with Crippen LogP contribution in [0.25, 0.3) is 0 Å². The van der Waals surface area contributed by atoms with E-state index in [9.17, 15) is 0 Å². The number of anilines is 3. The fraction of sp³-hybridized carbons (Fsp3) is 0.333. The van der Waals surface area contributed by atoms with E-state index >= 15 is 0 Å². The smallest absolute Gasteiger partial charge is 0.240 e. The number of fused-ring (bicyclic) bond motifs is 1. The Morgan fingerprint density at radius 2 is 1.30 bits per heavy atom. The average molecular weight is 307 g/mol. The van der Waals surface area contributed by atoms with Crippen LogP contribution in [0.15, 0.2) is 64.9 Å². The Morgan fingerprint density at radius 3 is 1.87 bits per heavy atom. The average Bonchev–Trinajstić information content (AvgIpc) is 2.97. The van der Waals surface area contributed by atoms with Crippen molar-refractivity contribution in [2.45, 2.75) is 25.2 Å². The summed E-state index contributed by atoms with van der Waals surface area (Å²) in [5.41, 5.74) is 3.02. The first-order valence-corrected chi connectivity index (χ1v) is 7.85. The van der Waals surface area contributed by atoms with Crippen molar-refractivity contribution in [2.75, 3.05) is 28.9 Å². The second-order valence-electron chi connectivity index (χ2n) is 6.64. The van der Waals surface area contributed by atoms with Crippen LogP contribution in [0.4, 0.5) is 17.1 Å². The largest absolute Gasteiger partial charge is 0.329 e. The first-order chi connectivity index (χ1) is 11.0. The normalized spacial score (nSPS) is 20.4. The van der Waals surface area contributed by atoms with Crippen molar-refractivity contribution in [3.05, 3.63) is 54.6 Å². The van der Waals surface area contributed by atoms with Crippen molar-refractivity contribution in [1.82, 2.24) is 0 Å². The van der Waals surface area contributed by atoms with E-state index in [0.717, 1.165) is 5.69 Å². The van der Waals surface area contributed by atoms with E-state index in [-0.39, 0.29) is 0 Å². The van der Waals surface area contributed by atoms with Gasteiger partial charge in [-0.05, 0) is 38.1 Å². The van der Waals surface area contributed by atoms with Crippen LogP contribution < -0.4 is 14.8 Å². The fourth-order valence-electron chi connectivity index (χ4n) is 4.04. The van der Waals surface area contributed by atoms with Gasteiger partial charge in [-0.25, -0.2) is 0 Å². The minimum Gasteiger partial charge on any atom is -0.329 e. The maximum atomic E-state index is 4.61. The van der Waals surface area contributed by atoms with Gasteiger partial charge in [0.25, 0.3) is 0 Å². The SMILES string of the molecule is CN1c2ccccc2N(C)C12N(c1ccccc1)N=NC2(C)C. The number of hydrogen-bond donors (Lipinski definition) is 0. The van der Waals surface area contributed by atoms with Gasteiger partial charge >= 0.3 is 0 Å². The van der Waals surface area contributed by atoms with E-state index in [1.807, 2.05) is 23.2 Å². The predicted molar refractivity (Wildman–Crippen MR) is 93.8 cm³/mol. The highest BCUT2D eigenvalue weighted by atomic mass is 15.8. The van der Waals surface area contributed by atoms with Gasteiger partial charge in [0.05, 0.1) is 17.1 Å². The Bertz CT molecular complexity index is 739. The van der Waals surface area contributed by atoms with Crippen molar-refractivity contribution < 1.29 is 0 Å². The molecule has 23 heavy (non-hydrogen) atoms. The van der Waals surface area contributed by atoms with Gasteiger partial charge in [0.15, 0.2) is 0 Å². The zero-order valence-corrected chi connectivity index (χ0v) is 13.9. The molecule has 0 saturated heterocycles. The molecule has 2 aromatic rings. The van der Waals surface area contributed by atoms with Gasteiger partial charge in [0.2, 0.25) is 5.79 Å². The second-order valence-corrected chi connectivity index (χ2v) is 6.64. The molecule has 118 valence electrons. The third-order valence-electron chi connectivity index (χ3n) is 5.04. The van der Waals surface area contributed by atoms with Crippen molar-refractivity contribution >= 4 is 17.1 Å². The number of rotatable bonds is 1. The summed E-state index contributed by atoms with van der Waals surface area (Å²) in [6.45, 7) is 4.27. The van der Waals surface area contributed by atoms with Crippen LogP contribution in [0.5, 0.6) is 0 Å². The van der Waals surface area contributed by atoms with E-state index in [4.69, 9.17) is 0 Å². The lowest BCUT2D eigenvalue weighted by Crippen LogP contribution is -2.72. The maximum absolute atomic E-state index is 4.61. The highest BCUT2D eigenvalue weighted by molar-refractivity contribution is 5.82. The van der Waals surface area contributed by atoms with E-state index in [2.05, 4.69) is 84.5 Å². The molecule has 0 fully saturated rings. The van der Waals surface area contributed by atoms with Crippen LogP contribution in [0.1, 0.15) is 13.8 Å². The summed E-state index contributed by atoms with van der Waals surface area (Å²) >= 11 is 0. The van der Waals surface area contributed by atoms with Crippen LogP contribution in [-0.2, 0) is 0 Å². The van der Waals surface area contributed by atoms with Crippen molar-refractivity contribution in [1.29, 1.82) is 0 Å². The van der Waals surface area contributed by atoms with Crippen LogP contribution in [0.3, 0.4) is 0 Å². The van der Waals surface area contributed by atoms with E-state index < -0.39 is 11.3 Å². The second kappa shape index (κ2) is 4.47. The molecule has 0 radical (unpaired) electrons. The van der Waals surface area contributed by atoms with Gasteiger partial charge in [-0.3, -0.25) is 0 Å². The van der Waals surface area contributed by atoms with Crippen LogP contribution >= 0.6 is 0 Å². The molecule has 0 aliphatic carbocycles. The molecule has 5 heteroatoms. The van der Waals surface area contributed by atoms with E-state index in [1.165, 1.54) is 11.4 Å². The Kier molecular flexibility index (Phi) is 2.73. The molecule has 2 heterocycles. The first-order valence-electron chi connectivity index (χ1n) is 7.85. The Morgan fingerprint density at radius 1 is 0.783 bits per heavy atom. The highest BCUT2D eigenvalue weighted by Gasteiger charge is 2.64. The lowest BCUT2D eigenvalue weighted by molar-refractivity contribution is 0.287. The van der Waals surface area contributed by atoms with Gasteiger partial charge in [0.1, 0.15) is 5.54 Å². The summed E-state index contributed by atoms with van der Waals surface area (Å²) in [6.07, 6.45) is 0. The molecule has 0 aromatic heterocycles. The van der Waals surface area contributed by atoms with Crippen LogP contribution in [0.2, 0.25) is 0 Å². The first kappa shape index (κ1) is 14.1. The summed E-state index contributed by atoms with van der Waals surface area (Å²) in [5.74, 6) is -0.502. The Hall–Kier alpha value is -2.56. The summed E-state index contributed by atoms with van der Waals surface area (Å²) in [7, 11) is 4.24. The van der Waals surface area contributed by atoms with Crippen molar-refractivity contribution in [3.63, 3.8) is 0 Å². The molecular weight excluding hydrogens is 286 g/mol. The molecule has 0 atom stereocenters. The number of nitrogens with zero attached hydrogens (tertiary/aromatic N) is 5. The lowest BCUT2D eigenvalue weighted by atomic mass is 9.93. The monoisotopic (exact) mass is 307 g/mol. The molecule has 0 bridgehead atoms. The molecule has 5 nitrogen and oxygen atoms in total. The van der Waals surface area contributed by atoms with Crippen molar-refractivity contribution in [3.8, 4) is 0 Å². The van der Waals surface area contributed by atoms with E-state index in [0.29, 0.717) is 0 Å². The summed E-state index contributed by atoms with van der Waals surface area (Å²) < 4.78 is 0. The summed E-state index contributed by atoms with van der Waals surface area (Å²) in [5, 5.41) is 11.2. The number of hydrogen-bond acceptors (Lipinski definition) is 5. The topological polar surface area (TPSA) is 34.4 Å². The van der Waals surface area contributed by atoms with Gasteiger partial charge in [-0.2, -0.15) is 10.1 Å². The molecular formula is C18H21N5. The van der Waals surface area contributed by atoms with Gasteiger partial charge in [-0.1, -0.05) is 35.6 Å². The number of para-hydroxylation sites is 3. The van der Waals surface area contributed by atoms with E-state index in [1.54, 1.807) is 0 Å².